The first-order valence-corrected chi connectivity index (χ1v) is 5.74. The molecule has 2 fully saturated rings. The highest BCUT2D eigenvalue weighted by Gasteiger charge is 2.46. The largest absolute Gasteiger partial charge is 0.453 e. The van der Waals surface area contributed by atoms with Gasteiger partial charge in [0.2, 0.25) is 0 Å². The van der Waals surface area contributed by atoms with Crippen molar-refractivity contribution in [1.82, 2.24) is 0 Å². The van der Waals surface area contributed by atoms with Crippen LogP contribution in [0.3, 0.4) is 0 Å². The van der Waals surface area contributed by atoms with E-state index in [0.717, 1.165) is 45.1 Å². The van der Waals surface area contributed by atoms with Gasteiger partial charge in [0, 0.05) is 12.7 Å². The minimum absolute atomic E-state index is 0.115. The molecule has 1 saturated heterocycles. The summed E-state index contributed by atoms with van der Waals surface area (Å²) in [5.41, 5.74) is -0.345. The summed E-state index contributed by atoms with van der Waals surface area (Å²) in [5.74, 6) is -0.313. The predicted molar refractivity (Wildman–Crippen MR) is 56.5 cm³/mol. The molecule has 0 amide bonds. The highest BCUT2D eigenvalue weighted by atomic mass is 16.6. The fraction of sp³-hybridized carbons (Fsp3) is 0.750. The summed E-state index contributed by atoms with van der Waals surface area (Å²) in [6, 6.07) is 0. The first-order chi connectivity index (χ1) is 7.27. The molecule has 1 atom stereocenters. The zero-order valence-electron chi connectivity index (χ0n) is 9.04. The summed E-state index contributed by atoms with van der Waals surface area (Å²) in [5, 5.41) is 0. The number of ether oxygens (including phenoxy) is 2. The number of esters is 1. The molecule has 3 nitrogen and oxygen atoms in total. The average molecular weight is 210 g/mol. The highest BCUT2D eigenvalue weighted by Crippen LogP contribution is 2.41. The fourth-order valence-electron chi connectivity index (χ4n) is 2.70. The Kier molecular flexibility index (Phi) is 3.10. The highest BCUT2D eigenvalue weighted by molar-refractivity contribution is 5.81. The van der Waals surface area contributed by atoms with Gasteiger partial charge in [-0.1, -0.05) is 6.58 Å². The average Bonchev–Trinajstić information content (AvgIpc) is 2.87. The van der Waals surface area contributed by atoms with E-state index in [-0.39, 0.29) is 17.7 Å². The van der Waals surface area contributed by atoms with E-state index in [2.05, 4.69) is 6.58 Å². The van der Waals surface area contributed by atoms with Crippen LogP contribution in [0.2, 0.25) is 0 Å². The molecule has 1 unspecified atom stereocenters. The van der Waals surface area contributed by atoms with Crippen LogP contribution in [0.5, 0.6) is 0 Å². The Morgan fingerprint density at radius 1 is 1.40 bits per heavy atom. The van der Waals surface area contributed by atoms with Gasteiger partial charge in [0.1, 0.15) is 5.60 Å². The molecule has 0 N–H and O–H groups in total. The Morgan fingerprint density at radius 3 is 2.67 bits per heavy atom. The van der Waals surface area contributed by atoms with Gasteiger partial charge >= 0.3 is 5.97 Å². The van der Waals surface area contributed by atoms with Gasteiger partial charge in [0.05, 0.1) is 6.10 Å². The number of hydrogen-bond donors (Lipinski definition) is 0. The molecule has 1 saturated carbocycles. The van der Waals surface area contributed by atoms with Crippen LogP contribution in [0.4, 0.5) is 0 Å². The lowest BCUT2D eigenvalue weighted by Crippen LogP contribution is -2.43. The lowest BCUT2D eigenvalue weighted by Gasteiger charge is -2.33. The van der Waals surface area contributed by atoms with E-state index in [1.165, 1.54) is 6.08 Å². The predicted octanol–water partition coefficient (Wildman–Crippen LogP) is 2.21. The van der Waals surface area contributed by atoms with E-state index in [4.69, 9.17) is 9.47 Å². The van der Waals surface area contributed by atoms with Crippen LogP contribution < -0.4 is 0 Å². The Labute approximate surface area is 90.4 Å². The summed E-state index contributed by atoms with van der Waals surface area (Å²) in [4.78, 5) is 11.3. The smallest absolute Gasteiger partial charge is 0.330 e. The molecule has 84 valence electrons. The van der Waals surface area contributed by atoms with E-state index >= 15 is 0 Å². The van der Waals surface area contributed by atoms with Crippen molar-refractivity contribution in [2.24, 2.45) is 0 Å². The first kappa shape index (κ1) is 10.7. The number of rotatable bonds is 3. The normalized spacial score (nSPS) is 28.9. The number of hydrogen-bond acceptors (Lipinski definition) is 3. The minimum Gasteiger partial charge on any atom is -0.453 e. The van der Waals surface area contributed by atoms with Crippen molar-refractivity contribution >= 4 is 5.97 Å². The first-order valence-electron chi connectivity index (χ1n) is 5.74. The molecule has 1 aliphatic carbocycles. The zero-order chi connectivity index (χ0) is 10.7. The van der Waals surface area contributed by atoms with E-state index < -0.39 is 0 Å². The van der Waals surface area contributed by atoms with Gasteiger partial charge in [0.25, 0.3) is 0 Å². The molecule has 0 bridgehead atoms. The third-order valence-electron chi connectivity index (χ3n) is 3.44. The van der Waals surface area contributed by atoms with Gasteiger partial charge in [0.15, 0.2) is 0 Å². The Balaban J connectivity index is 2.08. The molecule has 0 aromatic heterocycles. The monoisotopic (exact) mass is 210 g/mol. The molecule has 0 spiro atoms. The topological polar surface area (TPSA) is 35.5 Å². The lowest BCUT2D eigenvalue weighted by molar-refractivity contribution is -0.167. The van der Waals surface area contributed by atoms with Crippen molar-refractivity contribution in [1.29, 1.82) is 0 Å². The second-order valence-corrected chi connectivity index (χ2v) is 4.40. The molecule has 15 heavy (non-hydrogen) atoms. The second kappa shape index (κ2) is 4.35. The van der Waals surface area contributed by atoms with Crippen molar-refractivity contribution in [2.75, 3.05) is 6.61 Å². The second-order valence-electron chi connectivity index (χ2n) is 4.40. The van der Waals surface area contributed by atoms with E-state index in [1.807, 2.05) is 0 Å². The quantitative estimate of drug-likeness (QED) is 0.529. The molecular formula is C12H18O3. The maximum atomic E-state index is 11.3. The van der Waals surface area contributed by atoms with Crippen molar-refractivity contribution in [3.05, 3.63) is 12.7 Å². The van der Waals surface area contributed by atoms with Crippen LogP contribution >= 0.6 is 0 Å². The number of carbonyl (C=O) groups is 1. The van der Waals surface area contributed by atoms with Crippen molar-refractivity contribution in [3.8, 4) is 0 Å². The van der Waals surface area contributed by atoms with Crippen molar-refractivity contribution in [3.63, 3.8) is 0 Å². The van der Waals surface area contributed by atoms with Gasteiger partial charge < -0.3 is 9.47 Å². The molecule has 2 aliphatic rings. The van der Waals surface area contributed by atoms with Gasteiger partial charge in [-0.2, -0.15) is 0 Å². The van der Waals surface area contributed by atoms with Crippen LogP contribution in [-0.2, 0) is 14.3 Å². The molecule has 0 aromatic rings. The maximum absolute atomic E-state index is 11.3. The van der Waals surface area contributed by atoms with E-state index in [1.54, 1.807) is 0 Å². The third kappa shape index (κ3) is 2.07. The molecule has 2 rings (SSSR count). The SMILES string of the molecule is C=CC(=O)OC1(C2CCCO2)CCCC1. The summed E-state index contributed by atoms with van der Waals surface area (Å²) in [6.07, 6.45) is 7.60. The van der Waals surface area contributed by atoms with Gasteiger partial charge in [-0.3, -0.25) is 0 Å². The molecule has 1 aliphatic heterocycles. The summed E-state index contributed by atoms with van der Waals surface area (Å²) >= 11 is 0. The van der Waals surface area contributed by atoms with Crippen LogP contribution in [0.1, 0.15) is 38.5 Å². The van der Waals surface area contributed by atoms with E-state index in [0.29, 0.717) is 0 Å². The van der Waals surface area contributed by atoms with Gasteiger partial charge in [-0.05, 0) is 38.5 Å². The fourth-order valence-corrected chi connectivity index (χ4v) is 2.70. The summed E-state index contributed by atoms with van der Waals surface area (Å²) < 4.78 is 11.2. The van der Waals surface area contributed by atoms with Gasteiger partial charge in [-0.25, -0.2) is 4.79 Å². The van der Waals surface area contributed by atoms with Crippen LogP contribution in [0.25, 0.3) is 0 Å². The van der Waals surface area contributed by atoms with Crippen LogP contribution in [-0.4, -0.2) is 24.3 Å². The van der Waals surface area contributed by atoms with Gasteiger partial charge in [-0.15, -0.1) is 0 Å². The standard InChI is InChI=1S/C12H18O3/c1-2-11(13)15-12(7-3-4-8-12)10-6-5-9-14-10/h2,10H,1,3-9H2. The van der Waals surface area contributed by atoms with Crippen LogP contribution in [0, 0.1) is 0 Å². The van der Waals surface area contributed by atoms with Crippen molar-refractivity contribution in [2.45, 2.75) is 50.2 Å². The molecule has 3 heteroatoms. The molecule has 0 aromatic carbocycles. The van der Waals surface area contributed by atoms with E-state index in [9.17, 15) is 4.79 Å². The third-order valence-corrected chi connectivity index (χ3v) is 3.44. The molecule has 1 heterocycles. The summed E-state index contributed by atoms with van der Waals surface area (Å²) in [7, 11) is 0. The zero-order valence-corrected chi connectivity index (χ0v) is 9.04. The Bertz CT molecular complexity index is 248. The Morgan fingerprint density at radius 2 is 2.13 bits per heavy atom. The summed E-state index contributed by atoms with van der Waals surface area (Å²) in [6.45, 7) is 4.25. The maximum Gasteiger partial charge on any atom is 0.330 e. The molecular weight excluding hydrogens is 192 g/mol. The molecule has 0 radical (unpaired) electrons. The Hall–Kier alpha value is -0.830. The minimum atomic E-state index is -0.345. The lowest BCUT2D eigenvalue weighted by atomic mass is 9.92. The van der Waals surface area contributed by atoms with Crippen molar-refractivity contribution < 1.29 is 14.3 Å². The van der Waals surface area contributed by atoms with Crippen LogP contribution in [0.15, 0.2) is 12.7 Å². The number of carbonyl (C=O) groups excluding carboxylic acids is 1.